The first kappa shape index (κ1) is 7.90. The highest BCUT2D eigenvalue weighted by atomic mass is 14.4. The van der Waals surface area contributed by atoms with Crippen LogP contribution in [0.15, 0.2) is 24.3 Å². The Morgan fingerprint density at radius 2 is 2.00 bits per heavy atom. The van der Waals surface area contributed by atoms with Crippen LogP contribution in [-0.2, 0) is 5.41 Å². The first-order valence-electron chi connectivity index (χ1n) is 4.30. The monoisotopic (exact) mass is 167 g/mol. The fraction of sp³-hybridized carbons (Fsp3) is 0.250. The second kappa shape index (κ2) is 2.64. The number of nitriles is 1. The van der Waals surface area contributed by atoms with Crippen LogP contribution in [0.3, 0.4) is 0 Å². The third-order valence-electron chi connectivity index (χ3n) is 2.59. The average Bonchev–Trinajstić information content (AvgIpc) is 2.98. The summed E-state index contributed by atoms with van der Waals surface area (Å²) in [5, 5.41) is 8.89. The molecule has 1 fully saturated rings. The maximum atomic E-state index is 8.89. The van der Waals surface area contributed by atoms with Gasteiger partial charge >= 0.3 is 0 Å². The summed E-state index contributed by atoms with van der Waals surface area (Å²) in [6.07, 6.45) is 7.50. The molecule has 62 valence electrons. The Balaban J connectivity index is 2.54. The molecule has 1 saturated carbocycles. The molecule has 0 bridgehead atoms. The van der Waals surface area contributed by atoms with Crippen LogP contribution in [0.5, 0.6) is 0 Å². The average molecular weight is 167 g/mol. The third kappa shape index (κ3) is 1.10. The van der Waals surface area contributed by atoms with E-state index in [1.807, 2.05) is 24.3 Å². The molecule has 0 unspecified atom stereocenters. The van der Waals surface area contributed by atoms with Crippen molar-refractivity contribution in [1.29, 1.82) is 5.26 Å². The zero-order valence-electron chi connectivity index (χ0n) is 7.25. The molecule has 1 aromatic carbocycles. The predicted octanol–water partition coefficient (Wildman–Crippen LogP) is 2.22. The molecule has 0 N–H and O–H groups in total. The Hall–Kier alpha value is -1.73. The number of nitrogens with zero attached hydrogens (tertiary/aromatic N) is 1. The van der Waals surface area contributed by atoms with Crippen LogP contribution in [0.2, 0.25) is 0 Å². The largest absolute Gasteiger partial charge is 0.192 e. The van der Waals surface area contributed by atoms with Crippen molar-refractivity contribution in [3.05, 3.63) is 35.4 Å². The van der Waals surface area contributed by atoms with Gasteiger partial charge in [0, 0.05) is 0 Å². The molecular weight excluding hydrogens is 158 g/mol. The van der Waals surface area contributed by atoms with Crippen LogP contribution < -0.4 is 0 Å². The summed E-state index contributed by atoms with van der Waals surface area (Å²) in [6.45, 7) is 0. The van der Waals surface area contributed by atoms with Crippen LogP contribution >= 0.6 is 0 Å². The Labute approximate surface area is 78.0 Å². The molecule has 0 aromatic heterocycles. The van der Waals surface area contributed by atoms with Gasteiger partial charge in [-0.05, 0) is 24.5 Å². The van der Waals surface area contributed by atoms with E-state index >= 15 is 0 Å². The van der Waals surface area contributed by atoms with Crippen molar-refractivity contribution in [3.8, 4) is 18.4 Å². The van der Waals surface area contributed by atoms with Gasteiger partial charge in [-0.2, -0.15) is 5.26 Å². The van der Waals surface area contributed by atoms with Crippen LogP contribution in [0.1, 0.15) is 24.0 Å². The molecule has 0 radical (unpaired) electrons. The lowest BCUT2D eigenvalue weighted by Gasteiger charge is -2.08. The number of hydrogen-bond donors (Lipinski definition) is 0. The van der Waals surface area contributed by atoms with E-state index in [-0.39, 0.29) is 5.41 Å². The van der Waals surface area contributed by atoms with Gasteiger partial charge in [0.1, 0.15) is 0 Å². The quantitative estimate of drug-likeness (QED) is 0.588. The van der Waals surface area contributed by atoms with E-state index in [9.17, 15) is 0 Å². The predicted molar refractivity (Wildman–Crippen MR) is 50.9 cm³/mol. The Morgan fingerprint density at radius 1 is 1.31 bits per heavy atom. The lowest BCUT2D eigenvalue weighted by atomic mass is 9.93. The van der Waals surface area contributed by atoms with E-state index in [0.29, 0.717) is 0 Å². The van der Waals surface area contributed by atoms with Crippen molar-refractivity contribution in [1.82, 2.24) is 0 Å². The van der Waals surface area contributed by atoms with Gasteiger partial charge in [-0.1, -0.05) is 24.1 Å². The van der Waals surface area contributed by atoms with E-state index in [2.05, 4.69) is 12.0 Å². The molecule has 0 aliphatic heterocycles. The summed E-state index contributed by atoms with van der Waals surface area (Å²) in [4.78, 5) is 0. The number of rotatable bonds is 1. The van der Waals surface area contributed by atoms with Gasteiger partial charge in [0.05, 0.1) is 17.0 Å². The maximum absolute atomic E-state index is 8.89. The third-order valence-corrected chi connectivity index (χ3v) is 2.59. The van der Waals surface area contributed by atoms with Gasteiger partial charge < -0.3 is 0 Å². The van der Waals surface area contributed by atoms with Crippen molar-refractivity contribution in [2.45, 2.75) is 18.3 Å². The summed E-state index contributed by atoms with van der Waals surface area (Å²) in [5.41, 5.74) is 1.63. The van der Waals surface area contributed by atoms with Crippen LogP contribution in [-0.4, -0.2) is 0 Å². The molecule has 13 heavy (non-hydrogen) atoms. The lowest BCUT2D eigenvalue weighted by Crippen LogP contribution is -2.04. The molecule has 1 aliphatic rings. The Morgan fingerprint density at radius 3 is 2.54 bits per heavy atom. The molecule has 1 aliphatic carbocycles. The molecule has 1 heteroatoms. The van der Waals surface area contributed by atoms with E-state index < -0.39 is 0 Å². The fourth-order valence-corrected chi connectivity index (χ4v) is 1.61. The highest BCUT2D eigenvalue weighted by molar-refractivity contribution is 5.50. The van der Waals surface area contributed by atoms with Crippen molar-refractivity contribution < 1.29 is 0 Å². The van der Waals surface area contributed by atoms with Crippen molar-refractivity contribution >= 4 is 0 Å². The summed E-state index contributed by atoms with van der Waals surface area (Å²) < 4.78 is 0. The van der Waals surface area contributed by atoms with E-state index in [4.69, 9.17) is 11.7 Å². The van der Waals surface area contributed by atoms with E-state index in [1.165, 1.54) is 0 Å². The second-order valence-electron chi connectivity index (χ2n) is 3.38. The van der Waals surface area contributed by atoms with E-state index in [1.54, 1.807) is 0 Å². The first-order valence-corrected chi connectivity index (χ1v) is 4.30. The van der Waals surface area contributed by atoms with E-state index in [0.717, 1.165) is 24.0 Å². The van der Waals surface area contributed by atoms with Gasteiger partial charge in [0.25, 0.3) is 0 Å². The molecule has 0 atom stereocenters. The summed E-state index contributed by atoms with van der Waals surface area (Å²) >= 11 is 0. The highest BCUT2D eigenvalue weighted by Gasteiger charge is 2.43. The lowest BCUT2D eigenvalue weighted by molar-refractivity contribution is 0.925. The van der Waals surface area contributed by atoms with Crippen molar-refractivity contribution in [3.63, 3.8) is 0 Å². The molecule has 0 amide bonds. The zero-order valence-corrected chi connectivity index (χ0v) is 7.25. The normalized spacial score (nSPS) is 17.1. The second-order valence-corrected chi connectivity index (χ2v) is 3.38. The minimum Gasteiger partial charge on any atom is -0.192 e. The smallest absolute Gasteiger partial charge is 0.0995 e. The molecule has 2 rings (SSSR count). The zero-order chi connectivity index (χ0) is 9.31. The fourth-order valence-electron chi connectivity index (χ4n) is 1.61. The number of hydrogen-bond acceptors (Lipinski definition) is 1. The Kier molecular flexibility index (Phi) is 1.61. The van der Waals surface area contributed by atoms with Gasteiger partial charge in [-0.25, -0.2) is 0 Å². The van der Waals surface area contributed by atoms with Gasteiger partial charge in [-0.15, -0.1) is 6.42 Å². The van der Waals surface area contributed by atoms with Crippen LogP contribution in [0.4, 0.5) is 0 Å². The first-order chi connectivity index (χ1) is 6.32. The molecule has 0 saturated heterocycles. The minimum absolute atomic E-state index is 0.119. The minimum atomic E-state index is -0.119. The topological polar surface area (TPSA) is 23.8 Å². The SMILES string of the molecule is C#CC1(c2ccccc2C#N)CC1. The van der Waals surface area contributed by atoms with Crippen molar-refractivity contribution in [2.75, 3.05) is 0 Å². The van der Waals surface area contributed by atoms with Gasteiger partial charge in [0.15, 0.2) is 0 Å². The number of benzene rings is 1. The summed E-state index contributed by atoms with van der Waals surface area (Å²) in [6, 6.07) is 9.78. The Bertz CT molecular complexity index is 413. The maximum Gasteiger partial charge on any atom is 0.0995 e. The molecular formula is C12H9N. The van der Waals surface area contributed by atoms with Crippen LogP contribution in [0, 0.1) is 23.7 Å². The summed E-state index contributed by atoms with van der Waals surface area (Å²) in [7, 11) is 0. The molecule has 0 spiro atoms. The van der Waals surface area contributed by atoms with Crippen molar-refractivity contribution in [2.24, 2.45) is 0 Å². The molecule has 1 nitrogen and oxygen atoms in total. The standard InChI is InChI=1S/C12H9N/c1-2-12(7-8-12)11-6-4-3-5-10(11)9-13/h1,3-6H,7-8H2. The number of terminal acetylenes is 1. The highest BCUT2D eigenvalue weighted by Crippen LogP contribution is 2.48. The molecule has 0 heterocycles. The van der Waals surface area contributed by atoms with Gasteiger partial charge in [0.2, 0.25) is 0 Å². The van der Waals surface area contributed by atoms with Gasteiger partial charge in [-0.3, -0.25) is 0 Å². The summed E-state index contributed by atoms with van der Waals surface area (Å²) in [5.74, 6) is 2.79. The van der Waals surface area contributed by atoms with Crippen LogP contribution in [0.25, 0.3) is 0 Å². The molecule has 1 aromatic rings.